The Bertz CT molecular complexity index is 412. The first kappa shape index (κ1) is 13.6. The van der Waals surface area contributed by atoms with Crippen molar-refractivity contribution in [3.05, 3.63) is 11.3 Å². The van der Waals surface area contributed by atoms with Crippen LogP contribution in [0.1, 0.15) is 44.9 Å². The van der Waals surface area contributed by atoms with Crippen LogP contribution in [0, 0.1) is 0 Å². The monoisotopic (exact) mass is 300 g/mol. The molecule has 2 fully saturated rings. The lowest BCUT2D eigenvalue weighted by molar-refractivity contribution is 0.210. The predicted molar refractivity (Wildman–Crippen MR) is 80.2 cm³/mol. The van der Waals surface area contributed by atoms with E-state index in [-0.39, 0.29) is 0 Å². The third-order valence-electron chi connectivity index (χ3n) is 3.99. The Labute approximate surface area is 124 Å². The summed E-state index contributed by atoms with van der Waals surface area (Å²) in [5.41, 5.74) is 0. The minimum atomic E-state index is 0.346. The van der Waals surface area contributed by atoms with E-state index < -0.39 is 0 Å². The van der Waals surface area contributed by atoms with Crippen molar-refractivity contribution >= 4 is 23.4 Å². The van der Waals surface area contributed by atoms with Crippen molar-refractivity contribution in [2.45, 2.75) is 62.8 Å². The molecule has 3 nitrogen and oxygen atoms in total. The number of halogens is 1. The molecule has 5 heteroatoms. The molecule has 0 N–H and O–H groups in total. The van der Waals surface area contributed by atoms with Gasteiger partial charge in [-0.3, -0.25) is 0 Å². The largest absolute Gasteiger partial charge is 0.486 e. The minimum Gasteiger partial charge on any atom is -0.486 e. The fourth-order valence-electron chi connectivity index (χ4n) is 2.89. The molecular formula is C14H21ClN2OS. The molecule has 0 bridgehead atoms. The van der Waals surface area contributed by atoms with Crippen LogP contribution in [0.25, 0.3) is 0 Å². The fraction of sp³-hybridized carbons (Fsp3) is 0.786. The van der Waals surface area contributed by atoms with Crippen molar-refractivity contribution in [1.82, 2.24) is 9.78 Å². The number of aromatic nitrogens is 2. The van der Waals surface area contributed by atoms with Crippen molar-refractivity contribution in [3.8, 4) is 5.75 Å². The van der Waals surface area contributed by atoms with Gasteiger partial charge >= 0.3 is 0 Å². The summed E-state index contributed by atoms with van der Waals surface area (Å²) in [7, 11) is 0. The number of thioether (sulfide) groups is 1. The third kappa shape index (κ3) is 3.40. The predicted octanol–water partition coefficient (Wildman–Crippen LogP) is 4.14. The van der Waals surface area contributed by atoms with Gasteiger partial charge in [0.1, 0.15) is 0 Å². The second-order valence-corrected chi connectivity index (χ2v) is 7.26. The van der Waals surface area contributed by atoms with E-state index in [2.05, 4.69) is 5.10 Å². The van der Waals surface area contributed by atoms with Crippen molar-refractivity contribution in [2.24, 2.45) is 0 Å². The summed E-state index contributed by atoms with van der Waals surface area (Å²) >= 11 is 8.44. The van der Waals surface area contributed by atoms with Gasteiger partial charge in [-0.1, -0.05) is 18.0 Å². The first-order valence-corrected chi connectivity index (χ1v) is 8.75. The van der Waals surface area contributed by atoms with Gasteiger partial charge in [-0.05, 0) is 44.3 Å². The van der Waals surface area contributed by atoms with Gasteiger partial charge in [-0.15, -0.1) is 0 Å². The van der Waals surface area contributed by atoms with E-state index in [4.69, 9.17) is 16.3 Å². The highest BCUT2D eigenvalue weighted by Gasteiger charge is 2.21. The van der Waals surface area contributed by atoms with Gasteiger partial charge in [0.05, 0.1) is 18.8 Å². The van der Waals surface area contributed by atoms with E-state index in [1.165, 1.54) is 37.9 Å². The normalized spacial score (nSPS) is 24.8. The van der Waals surface area contributed by atoms with Crippen molar-refractivity contribution < 1.29 is 4.74 Å². The SMILES string of the molecule is Clc1c(OC2CCCC2)cnn1CC1CCCCS1. The number of hydrogen-bond donors (Lipinski definition) is 0. The molecule has 1 aromatic rings. The Morgan fingerprint density at radius 2 is 2.05 bits per heavy atom. The summed E-state index contributed by atoms with van der Waals surface area (Å²) in [5.74, 6) is 2.05. The third-order valence-corrected chi connectivity index (χ3v) is 5.75. The van der Waals surface area contributed by atoms with Gasteiger partial charge in [0, 0.05) is 5.25 Å². The van der Waals surface area contributed by atoms with Gasteiger partial charge in [0.2, 0.25) is 0 Å². The van der Waals surface area contributed by atoms with Crippen LogP contribution in [-0.2, 0) is 6.54 Å². The quantitative estimate of drug-likeness (QED) is 0.836. The molecule has 106 valence electrons. The molecule has 1 aromatic heterocycles. The summed E-state index contributed by atoms with van der Waals surface area (Å²) < 4.78 is 7.87. The average Bonchev–Trinajstić information content (AvgIpc) is 3.05. The van der Waals surface area contributed by atoms with Crippen molar-refractivity contribution in [3.63, 3.8) is 0 Å². The molecule has 0 amide bonds. The van der Waals surface area contributed by atoms with Gasteiger partial charge in [0.25, 0.3) is 0 Å². The highest BCUT2D eigenvalue weighted by Crippen LogP contribution is 2.32. The standard InChI is InChI=1S/C14H21ClN2OS/c15-14-13(18-11-5-1-2-6-11)9-16-17(14)10-12-7-3-4-8-19-12/h9,11-12H,1-8,10H2. The molecule has 1 unspecified atom stereocenters. The lowest BCUT2D eigenvalue weighted by Crippen LogP contribution is -2.18. The molecule has 1 atom stereocenters. The molecule has 1 aliphatic carbocycles. The van der Waals surface area contributed by atoms with Gasteiger partial charge in [-0.2, -0.15) is 16.9 Å². The summed E-state index contributed by atoms with van der Waals surface area (Å²) in [5, 5.41) is 5.73. The Morgan fingerprint density at radius 1 is 1.26 bits per heavy atom. The molecule has 1 aliphatic heterocycles. The summed E-state index contributed by atoms with van der Waals surface area (Å²) in [6.45, 7) is 0.914. The molecule has 1 saturated heterocycles. The van der Waals surface area contributed by atoms with Crippen LogP contribution in [0.15, 0.2) is 6.20 Å². The first-order valence-electron chi connectivity index (χ1n) is 7.32. The summed E-state index contributed by atoms with van der Waals surface area (Å²) in [6.07, 6.45) is 10.9. The molecule has 19 heavy (non-hydrogen) atoms. The number of hydrogen-bond acceptors (Lipinski definition) is 3. The lowest BCUT2D eigenvalue weighted by atomic mass is 10.2. The maximum Gasteiger partial charge on any atom is 0.176 e. The van der Waals surface area contributed by atoms with Crippen LogP contribution in [0.4, 0.5) is 0 Å². The fourth-order valence-corrected chi connectivity index (χ4v) is 4.38. The highest BCUT2D eigenvalue weighted by molar-refractivity contribution is 7.99. The zero-order valence-electron chi connectivity index (χ0n) is 11.2. The maximum atomic E-state index is 6.39. The number of rotatable bonds is 4. The molecule has 0 aromatic carbocycles. The van der Waals surface area contributed by atoms with E-state index in [0.29, 0.717) is 16.5 Å². The maximum absolute atomic E-state index is 6.39. The minimum absolute atomic E-state index is 0.346. The Kier molecular flexibility index (Phi) is 4.59. The topological polar surface area (TPSA) is 27.1 Å². The van der Waals surface area contributed by atoms with Crippen LogP contribution in [0.2, 0.25) is 5.15 Å². The average molecular weight is 301 g/mol. The summed E-state index contributed by atoms with van der Waals surface area (Å²) in [4.78, 5) is 0. The zero-order chi connectivity index (χ0) is 13.1. The molecule has 2 aliphatic rings. The van der Waals surface area contributed by atoms with Gasteiger partial charge in [0.15, 0.2) is 10.9 Å². The molecule has 3 rings (SSSR count). The summed E-state index contributed by atoms with van der Waals surface area (Å²) in [6, 6.07) is 0. The van der Waals surface area contributed by atoms with Crippen molar-refractivity contribution in [1.29, 1.82) is 0 Å². The van der Waals surface area contributed by atoms with E-state index in [9.17, 15) is 0 Å². The molecule has 2 heterocycles. The Morgan fingerprint density at radius 3 is 2.79 bits per heavy atom. The second kappa shape index (κ2) is 6.40. The first-order chi connectivity index (χ1) is 9.33. The van der Waals surface area contributed by atoms with E-state index in [1.54, 1.807) is 6.20 Å². The molecule has 1 saturated carbocycles. The van der Waals surface area contributed by atoms with Crippen molar-refractivity contribution in [2.75, 3.05) is 5.75 Å². The second-order valence-electron chi connectivity index (χ2n) is 5.49. The van der Waals surface area contributed by atoms with E-state index >= 15 is 0 Å². The van der Waals surface area contributed by atoms with E-state index in [0.717, 1.165) is 25.1 Å². The van der Waals surface area contributed by atoms with E-state index in [1.807, 2.05) is 16.4 Å². The Hall–Kier alpha value is -0.350. The van der Waals surface area contributed by atoms with Gasteiger partial charge < -0.3 is 4.74 Å². The molecule has 0 spiro atoms. The van der Waals surface area contributed by atoms with Crippen LogP contribution in [0.3, 0.4) is 0 Å². The lowest BCUT2D eigenvalue weighted by Gasteiger charge is -2.21. The van der Waals surface area contributed by atoms with Crippen LogP contribution >= 0.6 is 23.4 Å². The molecular weight excluding hydrogens is 280 g/mol. The van der Waals surface area contributed by atoms with Gasteiger partial charge in [-0.25, -0.2) is 4.68 Å². The smallest absolute Gasteiger partial charge is 0.176 e. The zero-order valence-corrected chi connectivity index (χ0v) is 12.8. The van der Waals surface area contributed by atoms with Crippen LogP contribution in [0.5, 0.6) is 5.75 Å². The highest BCUT2D eigenvalue weighted by atomic mass is 35.5. The number of ether oxygens (including phenoxy) is 1. The Balaban J connectivity index is 1.60. The number of nitrogens with zero attached hydrogens (tertiary/aromatic N) is 2. The van der Waals surface area contributed by atoms with Crippen LogP contribution in [-0.4, -0.2) is 26.9 Å². The molecule has 0 radical (unpaired) electrons. The van der Waals surface area contributed by atoms with Crippen LogP contribution < -0.4 is 4.74 Å².